The molecule has 29 heavy (non-hydrogen) atoms. The number of halogens is 1. The summed E-state index contributed by atoms with van der Waals surface area (Å²) in [5.74, 6) is 1.17. The van der Waals surface area contributed by atoms with Gasteiger partial charge in [-0.1, -0.05) is 0 Å². The fourth-order valence-electron chi connectivity index (χ4n) is 3.66. The van der Waals surface area contributed by atoms with Gasteiger partial charge in [0.1, 0.15) is 28.7 Å². The summed E-state index contributed by atoms with van der Waals surface area (Å²) in [5.41, 5.74) is 1.88. The molecule has 0 saturated carbocycles. The van der Waals surface area contributed by atoms with Gasteiger partial charge >= 0.3 is 0 Å². The molecule has 2 aromatic carbocycles. The highest BCUT2D eigenvalue weighted by Gasteiger charge is 2.25. The number of hydrogen-bond acceptors (Lipinski definition) is 5. The molecule has 0 radical (unpaired) electrons. The number of aromatic amines is 2. The lowest BCUT2D eigenvalue weighted by atomic mass is 9.95. The van der Waals surface area contributed by atoms with E-state index < -0.39 is 5.82 Å². The number of rotatable bonds is 3. The van der Waals surface area contributed by atoms with Crippen molar-refractivity contribution in [3.63, 3.8) is 0 Å². The minimum absolute atomic E-state index is 0.0486. The van der Waals surface area contributed by atoms with Crippen LogP contribution in [0.25, 0.3) is 22.0 Å². The highest BCUT2D eigenvalue weighted by molar-refractivity contribution is 5.84. The third kappa shape index (κ3) is 3.02. The zero-order chi connectivity index (χ0) is 20.0. The Balaban J connectivity index is 1.55. The lowest BCUT2D eigenvalue weighted by Crippen LogP contribution is -2.24. The molecule has 0 amide bonds. The van der Waals surface area contributed by atoms with Crippen LogP contribution in [0.2, 0.25) is 0 Å². The van der Waals surface area contributed by atoms with Gasteiger partial charge < -0.3 is 14.5 Å². The van der Waals surface area contributed by atoms with Crippen molar-refractivity contribution < 1.29 is 13.9 Å². The summed E-state index contributed by atoms with van der Waals surface area (Å²) in [6.45, 7) is 0.350. The lowest BCUT2D eigenvalue weighted by molar-refractivity contribution is 0.257. The van der Waals surface area contributed by atoms with Gasteiger partial charge in [-0.2, -0.15) is 5.10 Å². The molecule has 0 bridgehead atoms. The number of nitrogens with one attached hydrogen (secondary N) is 2. The van der Waals surface area contributed by atoms with Crippen molar-refractivity contribution in [1.29, 1.82) is 0 Å². The van der Waals surface area contributed by atoms with E-state index in [1.54, 1.807) is 25.6 Å². The Morgan fingerprint density at radius 2 is 2.14 bits per heavy atom. The van der Waals surface area contributed by atoms with Gasteiger partial charge in [0, 0.05) is 11.8 Å². The summed E-state index contributed by atoms with van der Waals surface area (Å²) in [7, 11) is 1.60. The van der Waals surface area contributed by atoms with Crippen LogP contribution in [0.4, 0.5) is 4.39 Å². The molecule has 5 rings (SSSR count). The van der Waals surface area contributed by atoms with E-state index in [2.05, 4.69) is 20.2 Å². The maximum atomic E-state index is 14.8. The number of methoxy groups -OCH3 is 1. The molecule has 1 atom stereocenters. The van der Waals surface area contributed by atoms with E-state index in [9.17, 15) is 9.18 Å². The van der Waals surface area contributed by atoms with Crippen molar-refractivity contribution in [1.82, 2.24) is 20.2 Å². The third-order valence-corrected chi connectivity index (χ3v) is 5.17. The SMILES string of the molecule is COc1ccc2c(c1)CC(c1nc3c(F)cc(-c4cn[nH]c4)cc3c(=O)[nH]1)CO2. The Morgan fingerprint density at radius 1 is 1.24 bits per heavy atom. The van der Waals surface area contributed by atoms with Gasteiger partial charge in [0.2, 0.25) is 0 Å². The van der Waals surface area contributed by atoms with Crippen molar-refractivity contribution >= 4 is 10.9 Å². The molecule has 0 spiro atoms. The number of aromatic nitrogens is 4. The summed E-state index contributed by atoms with van der Waals surface area (Å²) in [6.07, 6.45) is 3.82. The van der Waals surface area contributed by atoms with Crippen molar-refractivity contribution in [3.8, 4) is 22.6 Å². The molecule has 146 valence electrons. The molecule has 1 aliphatic rings. The van der Waals surface area contributed by atoms with Gasteiger partial charge in [0.05, 0.1) is 31.2 Å². The maximum Gasteiger partial charge on any atom is 0.258 e. The number of hydrogen-bond donors (Lipinski definition) is 2. The van der Waals surface area contributed by atoms with Gasteiger partial charge in [0.25, 0.3) is 5.56 Å². The molecular formula is C21H17FN4O3. The van der Waals surface area contributed by atoms with Crippen LogP contribution in [0.1, 0.15) is 17.3 Å². The number of benzene rings is 2. The van der Waals surface area contributed by atoms with Crippen LogP contribution in [0, 0.1) is 5.82 Å². The smallest absolute Gasteiger partial charge is 0.258 e. The molecule has 0 aliphatic carbocycles. The molecule has 0 saturated heterocycles. The van der Waals surface area contributed by atoms with Crippen LogP contribution < -0.4 is 15.0 Å². The Bertz CT molecular complexity index is 1270. The molecule has 7 nitrogen and oxygen atoms in total. The number of nitrogens with zero attached hydrogens (tertiary/aromatic N) is 2. The first-order valence-electron chi connectivity index (χ1n) is 9.14. The number of fused-ring (bicyclic) bond motifs is 2. The van der Waals surface area contributed by atoms with E-state index in [-0.39, 0.29) is 22.4 Å². The second-order valence-electron chi connectivity index (χ2n) is 6.98. The average molecular weight is 392 g/mol. The van der Waals surface area contributed by atoms with Gasteiger partial charge in [-0.15, -0.1) is 0 Å². The molecule has 3 heterocycles. The van der Waals surface area contributed by atoms with Crippen molar-refractivity contribution in [2.24, 2.45) is 0 Å². The predicted octanol–water partition coefficient (Wildman–Crippen LogP) is 3.18. The third-order valence-electron chi connectivity index (χ3n) is 5.17. The first-order valence-corrected chi connectivity index (χ1v) is 9.14. The van der Waals surface area contributed by atoms with Crippen LogP contribution in [-0.2, 0) is 6.42 Å². The quantitative estimate of drug-likeness (QED) is 0.559. The Hall–Kier alpha value is -3.68. The highest BCUT2D eigenvalue weighted by atomic mass is 19.1. The summed E-state index contributed by atoms with van der Waals surface area (Å²) in [4.78, 5) is 20.0. The summed E-state index contributed by atoms with van der Waals surface area (Å²) >= 11 is 0. The van der Waals surface area contributed by atoms with Crippen LogP contribution in [0.15, 0.2) is 47.5 Å². The average Bonchev–Trinajstić information content (AvgIpc) is 3.28. The fraction of sp³-hybridized carbons (Fsp3) is 0.190. The minimum Gasteiger partial charge on any atom is -0.497 e. The van der Waals surface area contributed by atoms with Gasteiger partial charge in [-0.25, -0.2) is 9.37 Å². The summed E-state index contributed by atoms with van der Waals surface area (Å²) in [6, 6.07) is 8.58. The van der Waals surface area contributed by atoms with Crippen molar-refractivity contribution in [2.75, 3.05) is 13.7 Å². The zero-order valence-electron chi connectivity index (χ0n) is 15.5. The van der Waals surface area contributed by atoms with E-state index in [1.807, 2.05) is 18.2 Å². The van der Waals surface area contributed by atoms with Gasteiger partial charge in [-0.3, -0.25) is 9.89 Å². The normalized spacial score (nSPS) is 15.7. The van der Waals surface area contributed by atoms with Crippen LogP contribution in [0.5, 0.6) is 11.5 Å². The molecule has 1 unspecified atom stereocenters. The van der Waals surface area contributed by atoms with E-state index in [0.717, 1.165) is 17.1 Å². The first kappa shape index (κ1) is 17.4. The minimum atomic E-state index is -0.551. The monoisotopic (exact) mass is 392 g/mol. The number of ether oxygens (including phenoxy) is 2. The Labute approximate surface area is 164 Å². The van der Waals surface area contributed by atoms with Crippen LogP contribution in [0.3, 0.4) is 0 Å². The van der Waals surface area contributed by atoms with E-state index in [0.29, 0.717) is 30.0 Å². The van der Waals surface area contributed by atoms with E-state index >= 15 is 0 Å². The summed E-state index contributed by atoms with van der Waals surface area (Å²) in [5, 5.41) is 6.74. The lowest BCUT2D eigenvalue weighted by Gasteiger charge is -2.25. The summed E-state index contributed by atoms with van der Waals surface area (Å²) < 4.78 is 25.9. The van der Waals surface area contributed by atoms with Crippen molar-refractivity contribution in [3.05, 3.63) is 70.3 Å². The molecule has 8 heteroatoms. The molecule has 0 fully saturated rings. The fourth-order valence-corrected chi connectivity index (χ4v) is 3.66. The molecule has 4 aromatic rings. The molecule has 1 aliphatic heterocycles. The maximum absolute atomic E-state index is 14.8. The first-order chi connectivity index (χ1) is 14.1. The van der Waals surface area contributed by atoms with E-state index in [1.165, 1.54) is 6.07 Å². The van der Waals surface area contributed by atoms with Gasteiger partial charge in [-0.05, 0) is 47.9 Å². The molecular weight excluding hydrogens is 375 g/mol. The second kappa shape index (κ2) is 6.73. The standard InChI is InChI=1S/C21H17FN4O3/c1-28-15-2-3-18-12(5-15)4-13(10-29-18)20-25-19-16(21(27)26-20)6-11(7-17(19)22)14-8-23-24-9-14/h2-3,5-9,13H,4,10H2,1H3,(H,23,24)(H,25,26,27). The Kier molecular flexibility index (Phi) is 4.04. The van der Waals surface area contributed by atoms with Crippen LogP contribution in [-0.4, -0.2) is 33.9 Å². The zero-order valence-corrected chi connectivity index (χ0v) is 15.5. The topological polar surface area (TPSA) is 92.9 Å². The highest BCUT2D eigenvalue weighted by Crippen LogP contribution is 2.34. The second-order valence-corrected chi connectivity index (χ2v) is 6.98. The van der Waals surface area contributed by atoms with Gasteiger partial charge in [0.15, 0.2) is 0 Å². The van der Waals surface area contributed by atoms with Crippen molar-refractivity contribution in [2.45, 2.75) is 12.3 Å². The molecule has 2 aromatic heterocycles. The largest absolute Gasteiger partial charge is 0.497 e. The number of H-pyrrole nitrogens is 2. The van der Waals surface area contributed by atoms with E-state index in [4.69, 9.17) is 9.47 Å². The van der Waals surface area contributed by atoms with Crippen LogP contribution >= 0.6 is 0 Å². The molecule has 2 N–H and O–H groups in total. The predicted molar refractivity (Wildman–Crippen MR) is 105 cm³/mol. The Morgan fingerprint density at radius 3 is 2.93 bits per heavy atom.